The molecule has 3 aromatic carbocycles. The molecular formula is C33H36F3N5O2. The number of benzene rings is 3. The van der Waals surface area contributed by atoms with Crippen LogP contribution in [0, 0.1) is 5.92 Å². The molecule has 0 saturated carbocycles. The first kappa shape index (κ1) is 29.0. The molecule has 0 atom stereocenters. The number of piperazine rings is 1. The van der Waals surface area contributed by atoms with Crippen LogP contribution >= 0.6 is 0 Å². The van der Waals surface area contributed by atoms with Gasteiger partial charge in [0.15, 0.2) is 0 Å². The van der Waals surface area contributed by atoms with Crippen LogP contribution < -0.4 is 9.64 Å². The first-order valence-electron chi connectivity index (χ1n) is 14.8. The van der Waals surface area contributed by atoms with E-state index in [0.29, 0.717) is 45.0 Å². The number of piperidine rings is 1. The highest BCUT2D eigenvalue weighted by molar-refractivity contribution is 5.79. The second-order valence-corrected chi connectivity index (χ2v) is 11.4. The van der Waals surface area contributed by atoms with Crippen molar-refractivity contribution in [1.29, 1.82) is 0 Å². The first-order valence-corrected chi connectivity index (χ1v) is 14.8. The summed E-state index contributed by atoms with van der Waals surface area (Å²) < 4.78 is 47.1. The van der Waals surface area contributed by atoms with Crippen molar-refractivity contribution in [1.82, 2.24) is 19.4 Å². The van der Waals surface area contributed by atoms with Gasteiger partial charge in [-0.2, -0.15) is 13.2 Å². The summed E-state index contributed by atoms with van der Waals surface area (Å²) in [4.78, 5) is 24.5. The zero-order valence-electron chi connectivity index (χ0n) is 24.3. The summed E-state index contributed by atoms with van der Waals surface area (Å²) in [5, 5.41) is 0. The van der Waals surface area contributed by atoms with Gasteiger partial charge in [-0.15, -0.1) is 0 Å². The van der Waals surface area contributed by atoms with Crippen LogP contribution in [0.25, 0.3) is 11.0 Å². The fraction of sp³-hybridized carbons (Fsp3) is 0.394. The van der Waals surface area contributed by atoms with Gasteiger partial charge in [0, 0.05) is 44.3 Å². The predicted molar refractivity (Wildman–Crippen MR) is 160 cm³/mol. The fourth-order valence-electron chi connectivity index (χ4n) is 6.20. The Bertz CT molecular complexity index is 1550. The molecule has 0 N–H and O–H groups in total. The average Bonchev–Trinajstić information content (AvgIpc) is 3.37. The smallest absolute Gasteiger partial charge is 0.416 e. The van der Waals surface area contributed by atoms with Crippen LogP contribution in [-0.2, 0) is 24.1 Å². The third kappa shape index (κ3) is 6.49. The molecule has 2 saturated heterocycles. The van der Waals surface area contributed by atoms with Crippen molar-refractivity contribution in [3.05, 3.63) is 89.7 Å². The van der Waals surface area contributed by atoms with E-state index in [0.717, 1.165) is 54.6 Å². The van der Waals surface area contributed by atoms with Crippen LogP contribution in [0.5, 0.6) is 5.75 Å². The van der Waals surface area contributed by atoms with Gasteiger partial charge in [-0.3, -0.25) is 9.69 Å². The lowest BCUT2D eigenvalue weighted by atomic mass is 9.95. The minimum absolute atomic E-state index is 0.0329. The minimum atomic E-state index is -4.37. The first-order chi connectivity index (χ1) is 20.8. The number of para-hydroxylation sites is 2. The molecule has 7 nitrogen and oxygen atoms in total. The number of likely N-dealkylation sites (tertiary alicyclic amines) is 1. The van der Waals surface area contributed by atoms with Crippen molar-refractivity contribution in [2.24, 2.45) is 5.92 Å². The third-order valence-corrected chi connectivity index (χ3v) is 8.67. The molecule has 10 heteroatoms. The van der Waals surface area contributed by atoms with Gasteiger partial charge in [0.25, 0.3) is 0 Å². The van der Waals surface area contributed by atoms with Gasteiger partial charge in [0.05, 0.1) is 30.3 Å². The SMILES string of the molecule is COc1ccc(Cn2c(CN3CCC(C(=O)N4CCN(c5cccc(C(F)(F)F)c5)CC4)CC3)nc3ccccc32)cc1. The van der Waals surface area contributed by atoms with Crippen LogP contribution in [0.4, 0.5) is 18.9 Å². The second kappa shape index (κ2) is 12.3. The van der Waals surface area contributed by atoms with Gasteiger partial charge in [0.1, 0.15) is 11.6 Å². The van der Waals surface area contributed by atoms with E-state index in [9.17, 15) is 18.0 Å². The van der Waals surface area contributed by atoms with E-state index in [4.69, 9.17) is 9.72 Å². The number of amides is 1. The van der Waals surface area contributed by atoms with Gasteiger partial charge in [-0.05, 0) is 74.0 Å². The number of alkyl halides is 3. The summed E-state index contributed by atoms with van der Waals surface area (Å²) in [5.41, 5.74) is 3.14. The quantitative estimate of drug-likeness (QED) is 0.277. The average molecular weight is 592 g/mol. The molecule has 0 unspecified atom stereocenters. The summed E-state index contributed by atoms with van der Waals surface area (Å²) in [6.45, 7) is 5.13. The number of aromatic nitrogens is 2. The van der Waals surface area contributed by atoms with Gasteiger partial charge in [-0.1, -0.05) is 30.3 Å². The van der Waals surface area contributed by atoms with Crippen LogP contribution in [0.2, 0.25) is 0 Å². The van der Waals surface area contributed by atoms with Crippen LogP contribution in [0.3, 0.4) is 0 Å². The molecule has 0 radical (unpaired) electrons. The Kier molecular flexibility index (Phi) is 8.30. The van der Waals surface area contributed by atoms with E-state index >= 15 is 0 Å². The summed E-state index contributed by atoms with van der Waals surface area (Å²) in [6, 6.07) is 21.7. The molecule has 0 bridgehead atoms. The molecule has 6 rings (SSSR count). The topological polar surface area (TPSA) is 53.8 Å². The number of ether oxygens (including phenoxy) is 1. The maximum Gasteiger partial charge on any atom is 0.416 e. The van der Waals surface area contributed by atoms with Crippen molar-refractivity contribution < 1.29 is 22.7 Å². The number of fused-ring (bicyclic) bond motifs is 1. The molecule has 2 aliphatic rings. The summed E-state index contributed by atoms with van der Waals surface area (Å²) >= 11 is 0. The molecule has 0 aliphatic carbocycles. The molecule has 1 amide bonds. The molecular weight excluding hydrogens is 555 g/mol. The molecule has 4 aromatic rings. The number of carbonyl (C=O) groups is 1. The lowest BCUT2D eigenvalue weighted by molar-refractivity contribution is -0.138. The standard InChI is InChI=1S/C33H36F3N5O2/c1-43-28-11-9-24(10-12-28)22-41-30-8-3-2-7-29(30)37-31(41)23-38-15-13-25(14-16-38)32(42)40-19-17-39(18-20-40)27-6-4-5-26(21-27)33(34,35)36/h2-12,21,25H,13-20,22-23H2,1H3. The highest BCUT2D eigenvalue weighted by Gasteiger charge is 2.33. The molecule has 2 aliphatic heterocycles. The predicted octanol–water partition coefficient (Wildman–Crippen LogP) is 5.67. The minimum Gasteiger partial charge on any atom is -0.497 e. The monoisotopic (exact) mass is 591 g/mol. The van der Waals surface area contributed by atoms with Crippen LogP contribution in [0.1, 0.15) is 29.8 Å². The zero-order chi connectivity index (χ0) is 30.0. The highest BCUT2D eigenvalue weighted by atomic mass is 19.4. The number of anilines is 1. The normalized spacial score (nSPS) is 17.0. The van der Waals surface area contributed by atoms with Gasteiger partial charge in [-0.25, -0.2) is 4.98 Å². The molecule has 43 heavy (non-hydrogen) atoms. The Balaban J connectivity index is 1.05. The largest absolute Gasteiger partial charge is 0.497 e. The Morgan fingerprint density at radius 2 is 1.60 bits per heavy atom. The zero-order valence-corrected chi connectivity index (χ0v) is 24.3. The van der Waals surface area contributed by atoms with E-state index in [1.165, 1.54) is 17.7 Å². The highest BCUT2D eigenvalue weighted by Crippen LogP contribution is 2.32. The fourth-order valence-corrected chi connectivity index (χ4v) is 6.20. The summed E-state index contributed by atoms with van der Waals surface area (Å²) in [6.07, 6.45) is -2.80. The summed E-state index contributed by atoms with van der Waals surface area (Å²) in [7, 11) is 1.66. The van der Waals surface area contributed by atoms with Crippen LogP contribution in [-0.4, -0.2) is 71.6 Å². The lowest BCUT2D eigenvalue weighted by Crippen LogP contribution is -2.51. The van der Waals surface area contributed by atoms with Gasteiger partial charge >= 0.3 is 6.18 Å². The van der Waals surface area contributed by atoms with E-state index < -0.39 is 11.7 Å². The van der Waals surface area contributed by atoms with Gasteiger partial charge in [0.2, 0.25) is 5.91 Å². The van der Waals surface area contributed by atoms with Gasteiger partial charge < -0.3 is 19.1 Å². The number of methoxy groups -OCH3 is 1. The number of carbonyl (C=O) groups excluding carboxylic acids is 1. The maximum atomic E-state index is 13.4. The third-order valence-electron chi connectivity index (χ3n) is 8.67. The Morgan fingerprint density at radius 1 is 0.884 bits per heavy atom. The molecule has 226 valence electrons. The van der Waals surface area contributed by atoms with E-state index in [1.54, 1.807) is 13.2 Å². The van der Waals surface area contributed by atoms with Crippen molar-refractivity contribution in [3.63, 3.8) is 0 Å². The van der Waals surface area contributed by atoms with Crippen molar-refractivity contribution in [2.45, 2.75) is 32.1 Å². The molecule has 2 fully saturated rings. The number of rotatable bonds is 7. The van der Waals surface area contributed by atoms with Crippen molar-refractivity contribution in [3.8, 4) is 5.75 Å². The number of imidazole rings is 1. The van der Waals surface area contributed by atoms with Crippen molar-refractivity contribution >= 4 is 22.6 Å². The Labute approximate surface area is 249 Å². The summed E-state index contributed by atoms with van der Waals surface area (Å²) in [5.74, 6) is 1.96. The van der Waals surface area contributed by atoms with E-state index in [2.05, 4.69) is 27.7 Å². The van der Waals surface area contributed by atoms with E-state index in [-0.39, 0.29) is 11.8 Å². The Morgan fingerprint density at radius 3 is 2.30 bits per heavy atom. The Hall–Kier alpha value is -4.05. The number of nitrogens with zero attached hydrogens (tertiary/aromatic N) is 5. The lowest BCUT2D eigenvalue weighted by Gasteiger charge is -2.39. The molecule has 1 aromatic heterocycles. The maximum absolute atomic E-state index is 13.4. The van der Waals surface area contributed by atoms with E-state index in [1.807, 2.05) is 40.1 Å². The number of hydrogen-bond acceptors (Lipinski definition) is 5. The molecule has 0 spiro atoms. The number of hydrogen-bond donors (Lipinski definition) is 0. The second-order valence-electron chi connectivity index (χ2n) is 11.4. The van der Waals surface area contributed by atoms with Crippen molar-refractivity contribution in [2.75, 3.05) is 51.3 Å². The van der Waals surface area contributed by atoms with Crippen LogP contribution in [0.15, 0.2) is 72.8 Å². The number of halogens is 3. The molecule has 3 heterocycles.